The SMILES string of the molecule is CC1=CC2(CCCN(C(=O)OC(C)(C)C)CC2)Oc2ccc(O[Si](C)(C)C(C)(C)C)cc21.CCN(CC)C(=O)c1ccc(B(O)O)cc1. The average molecular weight is 681 g/mol. The summed E-state index contributed by atoms with van der Waals surface area (Å²) in [7, 11) is -3.39. The Bertz CT molecular complexity index is 1440. The Labute approximate surface area is 289 Å². The van der Waals surface area contributed by atoms with Gasteiger partial charge in [0.05, 0.1) is 0 Å². The lowest BCUT2D eigenvalue weighted by atomic mass is 9.80. The molecule has 2 heterocycles. The van der Waals surface area contributed by atoms with E-state index in [0.717, 1.165) is 36.3 Å². The standard InChI is InChI=1S/C26H41NO4Si.C11H16BNO3/c1-19-18-26(13-10-15-27(16-14-26)23(28)30-24(2,3)4)29-22-12-11-20(17-21(19)22)31-32(8,9)25(5,6)7;1-3-13(4-2)11(14)9-5-7-10(8-6-9)12(15)16/h11-12,17-18H,10,13-16H2,1-9H3;5-8,15-16H,3-4H2,1-2H3. The van der Waals surface area contributed by atoms with Gasteiger partial charge in [-0.3, -0.25) is 4.79 Å². The Hall–Kier alpha value is -3.28. The second-order valence-electron chi connectivity index (χ2n) is 15.3. The smallest absolute Gasteiger partial charge is 0.488 e. The van der Waals surface area contributed by atoms with E-state index in [1.807, 2.05) is 51.7 Å². The molecule has 2 aliphatic rings. The van der Waals surface area contributed by atoms with Crippen LogP contribution in [0.5, 0.6) is 11.5 Å². The highest BCUT2D eigenvalue weighted by Gasteiger charge is 2.40. The summed E-state index contributed by atoms with van der Waals surface area (Å²) >= 11 is 0. The number of carbonyl (C=O) groups excluding carboxylic acids is 2. The van der Waals surface area contributed by atoms with Crippen LogP contribution in [0.25, 0.3) is 5.57 Å². The van der Waals surface area contributed by atoms with Crippen molar-refractivity contribution in [3.63, 3.8) is 0 Å². The molecule has 11 heteroatoms. The number of hydrogen-bond acceptors (Lipinski definition) is 7. The van der Waals surface area contributed by atoms with E-state index in [1.165, 1.54) is 5.57 Å². The fourth-order valence-electron chi connectivity index (χ4n) is 5.52. The molecule has 0 aromatic heterocycles. The minimum absolute atomic E-state index is 0.0380. The molecule has 0 aliphatic carbocycles. The van der Waals surface area contributed by atoms with Crippen LogP contribution in [0.15, 0.2) is 48.5 Å². The van der Waals surface area contributed by atoms with Crippen molar-refractivity contribution in [1.29, 1.82) is 0 Å². The maximum atomic E-state index is 12.6. The lowest BCUT2D eigenvalue weighted by Crippen LogP contribution is -2.44. The second-order valence-corrected chi connectivity index (χ2v) is 20.0. The van der Waals surface area contributed by atoms with Crippen LogP contribution >= 0.6 is 0 Å². The zero-order valence-electron chi connectivity index (χ0n) is 31.0. The third-order valence-corrected chi connectivity index (χ3v) is 13.7. The number of nitrogens with zero attached hydrogens (tertiary/aromatic N) is 2. The molecule has 0 bridgehead atoms. The molecule has 48 heavy (non-hydrogen) atoms. The molecule has 1 atom stereocenters. The molecule has 0 saturated carbocycles. The lowest BCUT2D eigenvalue weighted by molar-refractivity contribution is 0.0242. The first-order valence-electron chi connectivity index (χ1n) is 17.2. The summed E-state index contributed by atoms with van der Waals surface area (Å²) < 4.78 is 18.7. The van der Waals surface area contributed by atoms with E-state index in [1.54, 1.807) is 29.2 Å². The van der Waals surface area contributed by atoms with Crippen molar-refractivity contribution in [2.75, 3.05) is 26.2 Å². The third-order valence-electron chi connectivity index (χ3n) is 9.34. The van der Waals surface area contributed by atoms with E-state index < -0.39 is 21.0 Å². The number of allylic oxidation sites excluding steroid dienone is 1. The Balaban J connectivity index is 0.000000328. The number of carbonyl (C=O) groups is 2. The molecule has 2 aromatic carbocycles. The first kappa shape index (κ1) is 39.2. The highest BCUT2D eigenvalue weighted by molar-refractivity contribution is 6.74. The van der Waals surface area contributed by atoms with Gasteiger partial charge in [-0.1, -0.05) is 32.9 Å². The van der Waals surface area contributed by atoms with E-state index >= 15 is 0 Å². The van der Waals surface area contributed by atoms with Gasteiger partial charge in [0, 0.05) is 43.7 Å². The van der Waals surface area contributed by atoms with Crippen LogP contribution in [-0.4, -0.2) is 84.7 Å². The molecule has 2 aromatic rings. The van der Waals surface area contributed by atoms with Crippen molar-refractivity contribution in [2.24, 2.45) is 0 Å². The van der Waals surface area contributed by atoms with Crippen LogP contribution in [0.4, 0.5) is 4.79 Å². The molecule has 1 unspecified atom stereocenters. The minimum atomic E-state index is -1.90. The average Bonchev–Trinajstić information content (AvgIpc) is 3.19. The highest BCUT2D eigenvalue weighted by atomic mass is 28.4. The Morgan fingerprint density at radius 3 is 2.15 bits per heavy atom. The van der Waals surface area contributed by atoms with Gasteiger partial charge < -0.3 is 33.7 Å². The van der Waals surface area contributed by atoms with Crippen molar-refractivity contribution in [3.05, 3.63) is 59.7 Å². The summed E-state index contributed by atoms with van der Waals surface area (Å²) in [4.78, 5) is 28.0. The van der Waals surface area contributed by atoms with Crippen LogP contribution in [0.3, 0.4) is 0 Å². The molecule has 1 spiro atoms. The fourth-order valence-corrected chi connectivity index (χ4v) is 6.54. The third kappa shape index (κ3) is 10.1. The fraction of sp³-hybridized carbons (Fsp3) is 0.568. The molecule has 2 aliphatic heterocycles. The van der Waals surface area contributed by atoms with Gasteiger partial charge in [-0.05, 0) is 120 Å². The quantitative estimate of drug-likeness (QED) is 0.321. The Morgan fingerprint density at radius 1 is 0.979 bits per heavy atom. The van der Waals surface area contributed by atoms with Gasteiger partial charge in [-0.25, -0.2) is 4.79 Å². The number of rotatable bonds is 6. The van der Waals surface area contributed by atoms with Crippen LogP contribution in [0.1, 0.15) is 97.5 Å². The molecule has 2 N–H and O–H groups in total. The number of benzene rings is 2. The van der Waals surface area contributed by atoms with Gasteiger partial charge in [0.15, 0.2) is 0 Å². The van der Waals surface area contributed by atoms with Crippen molar-refractivity contribution >= 4 is 38.5 Å². The number of fused-ring (bicyclic) bond motifs is 1. The van der Waals surface area contributed by atoms with E-state index in [0.29, 0.717) is 37.2 Å². The maximum Gasteiger partial charge on any atom is 0.488 e. The molecular formula is C37H57BN2O7Si. The predicted molar refractivity (Wildman–Crippen MR) is 196 cm³/mol. The second kappa shape index (κ2) is 15.5. The van der Waals surface area contributed by atoms with Crippen LogP contribution in [-0.2, 0) is 4.74 Å². The summed E-state index contributed by atoms with van der Waals surface area (Å²) in [6.07, 6.45) is 4.53. The molecule has 9 nitrogen and oxygen atoms in total. The topological polar surface area (TPSA) is 109 Å². The lowest BCUT2D eigenvalue weighted by Gasteiger charge is -2.38. The molecule has 0 radical (unpaired) electrons. The minimum Gasteiger partial charge on any atom is -0.543 e. The van der Waals surface area contributed by atoms with E-state index in [4.69, 9.17) is 23.9 Å². The summed E-state index contributed by atoms with van der Waals surface area (Å²) in [5.41, 5.74) is 2.39. The Morgan fingerprint density at radius 2 is 1.60 bits per heavy atom. The van der Waals surface area contributed by atoms with Gasteiger partial charge in [0.25, 0.3) is 5.91 Å². The zero-order chi connectivity index (χ0) is 36.1. The summed E-state index contributed by atoms with van der Waals surface area (Å²) in [6, 6.07) is 12.5. The van der Waals surface area contributed by atoms with Gasteiger partial charge in [-0.2, -0.15) is 0 Å². The molecular weight excluding hydrogens is 623 g/mol. The maximum absolute atomic E-state index is 12.6. The summed E-state index contributed by atoms with van der Waals surface area (Å²) in [6.45, 7) is 25.6. The summed E-state index contributed by atoms with van der Waals surface area (Å²) in [5, 5.41) is 18.0. The zero-order valence-corrected chi connectivity index (χ0v) is 32.0. The van der Waals surface area contributed by atoms with Crippen LogP contribution in [0.2, 0.25) is 18.1 Å². The van der Waals surface area contributed by atoms with Crippen molar-refractivity contribution < 1.29 is 33.5 Å². The number of amides is 2. The highest BCUT2D eigenvalue weighted by Crippen LogP contribution is 2.44. The molecule has 4 rings (SSSR count). The number of ether oxygens (including phenoxy) is 2. The van der Waals surface area contributed by atoms with E-state index in [-0.39, 0.29) is 22.6 Å². The van der Waals surface area contributed by atoms with E-state index in [9.17, 15) is 9.59 Å². The molecule has 1 saturated heterocycles. The normalized spacial score (nSPS) is 17.9. The predicted octanol–water partition coefficient (Wildman–Crippen LogP) is 6.87. The first-order valence-corrected chi connectivity index (χ1v) is 20.1. The van der Waals surface area contributed by atoms with Crippen LogP contribution < -0.4 is 14.6 Å². The van der Waals surface area contributed by atoms with Crippen molar-refractivity contribution in [3.8, 4) is 11.5 Å². The van der Waals surface area contributed by atoms with Crippen molar-refractivity contribution in [2.45, 2.75) is 111 Å². The van der Waals surface area contributed by atoms with Gasteiger partial charge in [0.2, 0.25) is 8.32 Å². The largest absolute Gasteiger partial charge is 0.543 e. The van der Waals surface area contributed by atoms with E-state index in [2.05, 4.69) is 52.9 Å². The molecule has 2 amide bonds. The van der Waals surface area contributed by atoms with Crippen molar-refractivity contribution in [1.82, 2.24) is 9.80 Å². The van der Waals surface area contributed by atoms with Gasteiger partial charge >= 0.3 is 13.2 Å². The molecule has 1 fully saturated rings. The van der Waals surface area contributed by atoms with Gasteiger partial charge in [0.1, 0.15) is 22.7 Å². The van der Waals surface area contributed by atoms with Gasteiger partial charge in [-0.15, -0.1) is 0 Å². The number of likely N-dealkylation sites (tertiary alicyclic amines) is 1. The monoisotopic (exact) mass is 680 g/mol. The first-order chi connectivity index (χ1) is 22.2. The van der Waals surface area contributed by atoms with Crippen LogP contribution in [0, 0.1) is 0 Å². The summed E-state index contributed by atoms with van der Waals surface area (Å²) in [5.74, 6) is 1.78. The Kier molecular flexibility index (Phi) is 12.7. The molecule has 264 valence electrons. The number of hydrogen-bond donors (Lipinski definition) is 2.